The number of carbonyl (C=O) groups is 2. The lowest BCUT2D eigenvalue weighted by Gasteiger charge is -2.07. The Labute approximate surface area is 158 Å². The molecule has 2 aromatic carbocycles. The van der Waals surface area contributed by atoms with Crippen molar-refractivity contribution in [2.75, 3.05) is 19.0 Å². The maximum absolute atomic E-state index is 12.0. The van der Waals surface area contributed by atoms with E-state index in [1.165, 1.54) is 13.2 Å². The van der Waals surface area contributed by atoms with Crippen LogP contribution in [0.3, 0.4) is 0 Å². The molecule has 0 spiro atoms. The number of carbonyl (C=O) groups excluding carboxylic acids is 2. The van der Waals surface area contributed by atoms with E-state index in [9.17, 15) is 14.9 Å². The van der Waals surface area contributed by atoms with Crippen LogP contribution in [0.4, 0.5) is 5.69 Å². The monoisotopic (exact) mass is 364 g/mol. The number of amides is 1. The second-order valence-electron chi connectivity index (χ2n) is 5.62. The van der Waals surface area contributed by atoms with Gasteiger partial charge in [-0.1, -0.05) is 31.2 Å². The van der Waals surface area contributed by atoms with Crippen LogP contribution in [0, 0.1) is 11.3 Å². The maximum atomic E-state index is 12.0. The van der Waals surface area contributed by atoms with Gasteiger partial charge < -0.3 is 14.8 Å². The van der Waals surface area contributed by atoms with Crippen molar-refractivity contribution >= 4 is 23.6 Å². The molecule has 0 fully saturated rings. The summed E-state index contributed by atoms with van der Waals surface area (Å²) in [6.45, 7) is 1.56. The van der Waals surface area contributed by atoms with Gasteiger partial charge in [0.25, 0.3) is 5.91 Å². The van der Waals surface area contributed by atoms with Crippen molar-refractivity contribution in [3.05, 3.63) is 65.2 Å². The van der Waals surface area contributed by atoms with Gasteiger partial charge in [0.2, 0.25) is 0 Å². The fourth-order valence-electron chi connectivity index (χ4n) is 2.26. The molecule has 0 radical (unpaired) electrons. The molecule has 0 bridgehead atoms. The van der Waals surface area contributed by atoms with E-state index in [1.807, 2.05) is 19.1 Å². The Morgan fingerprint density at radius 2 is 1.93 bits per heavy atom. The molecule has 0 saturated carbocycles. The van der Waals surface area contributed by atoms with E-state index in [0.717, 1.165) is 12.0 Å². The van der Waals surface area contributed by atoms with Crippen LogP contribution >= 0.6 is 0 Å². The quantitative estimate of drug-likeness (QED) is 0.462. The fourth-order valence-corrected chi connectivity index (χ4v) is 2.26. The van der Waals surface area contributed by atoms with Gasteiger partial charge in [0.1, 0.15) is 17.4 Å². The van der Waals surface area contributed by atoms with Crippen LogP contribution in [0.2, 0.25) is 0 Å². The minimum absolute atomic E-state index is 0.205. The summed E-state index contributed by atoms with van der Waals surface area (Å²) in [7, 11) is 1.52. The lowest BCUT2D eigenvalue weighted by atomic mass is 10.1. The second kappa shape index (κ2) is 9.78. The normalized spacial score (nSPS) is 10.6. The third kappa shape index (κ3) is 6.01. The minimum Gasteiger partial charge on any atom is -0.497 e. The molecule has 1 N–H and O–H groups in total. The van der Waals surface area contributed by atoms with Crippen molar-refractivity contribution in [2.45, 2.75) is 13.3 Å². The van der Waals surface area contributed by atoms with Crippen LogP contribution in [-0.2, 0) is 20.7 Å². The topological polar surface area (TPSA) is 88.4 Å². The summed E-state index contributed by atoms with van der Waals surface area (Å²) >= 11 is 0. The molecule has 0 aliphatic rings. The fraction of sp³-hybridized carbons (Fsp3) is 0.190. The molecule has 138 valence electrons. The maximum Gasteiger partial charge on any atom is 0.349 e. The van der Waals surface area contributed by atoms with Crippen molar-refractivity contribution in [2.24, 2.45) is 0 Å². The zero-order valence-electron chi connectivity index (χ0n) is 15.2. The molecule has 6 nitrogen and oxygen atoms in total. The number of methoxy groups -OCH3 is 1. The summed E-state index contributed by atoms with van der Waals surface area (Å²) in [6.07, 6.45) is 2.29. The number of nitrogens with one attached hydrogen (secondary N) is 1. The van der Waals surface area contributed by atoms with Gasteiger partial charge >= 0.3 is 5.97 Å². The standard InChI is InChI=1S/C21H20N2O4/c1-3-15-7-9-18(10-8-15)23-20(24)14-27-21(25)17(13-22)11-16-5-4-6-19(12-16)26-2/h4-12H,3,14H2,1-2H3,(H,23,24)/b17-11+. The summed E-state index contributed by atoms with van der Waals surface area (Å²) < 4.78 is 10.0. The smallest absolute Gasteiger partial charge is 0.349 e. The molecule has 6 heteroatoms. The highest BCUT2D eigenvalue weighted by molar-refractivity contribution is 6.00. The van der Waals surface area contributed by atoms with E-state index in [1.54, 1.807) is 42.5 Å². The van der Waals surface area contributed by atoms with Crippen molar-refractivity contribution in [1.82, 2.24) is 0 Å². The molecule has 0 atom stereocenters. The summed E-state index contributed by atoms with van der Waals surface area (Å²) in [4.78, 5) is 24.0. The Hall–Kier alpha value is -3.59. The predicted octanol–water partition coefficient (Wildman–Crippen LogP) is 3.35. The number of nitrogens with zero attached hydrogens (tertiary/aromatic N) is 1. The van der Waals surface area contributed by atoms with Crippen LogP contribution in [-0.4, -0.2) is 25.6 Å². The molecule has 0 aromatic heterocycles. The molecule has 2 rings (SSSR count). The molecule has 27 heavy (non-hydrogen) atoms. The number of hydrogen-bond donors (Lipinski definition) is 1. The highest BCUT2D eigenvalue weighted by Gasteiger charge is 2.13. The van der Waals surface area contributed by atoms with Gasteiger partial charge in [-0.05, 0) is 47.9 Å². The average molecular weight is 364 g/mol. The van der Waals surface area contributed by atoms with E-state index in [-0.39, 0.29) is 5.57 Å². The van der Waals surface area contributed by atoms with Gasteiger partial charge in [-0.25, -0.2) is 4.79 Å². The first kappa shape index (κ1) is 19.7. The molecule has 0 heterocycles. The highest BCUT2D eigenvalue weighted by atomic mass is 16.5. The molecular formula is C21H20N2O4. The number of ether oxygens (including phenoxy) is 2. The molecule has 2 aromatic rings. The van der Waals surface area contributed by atoms with Crippen molar-refractivity contribution in [1.29, 1.82) is 5.26 Å². The molecule has 0 saturated heterocycles. The van der Waals surface area contributed by atoms with E-state index < -0.39 is 18.5 Å². The molecule has 1 amide bonds. The number of esters is 1. The lowest BCUT2D eigenvalue weighted by Crippen LogP contribution is -2.21. The van der Waals surface area contributed by atoms with E-state index in [2.05, 4.69) is 5.32 Å². The Balaban J connectivity index is 1.94. The van der Waals surface area contributed by atoms with Crippen LogP contribution < -0.4 is 10.1 Å². The van der Waals surface area contributed by atoms with Gasteiger partial charge in [0.05, 0.1) is 7.11 Å². The SMILES string of the molecule is CCc1ccc(NC(=O)COC(=O)/C(C#N)=C/c2cccc(OC)c2)cc1. The first-order chi connectivity index (χ1) is 13.0. The van der Waals surface area contributed by atoms with Crippen molar-refractivity contribution in [3.8, 4) is 11.8 Å². The van der Waals surface area contributed by atoms with Gasteiger partial charge in [-0.2, -0.15) is 5.26 Å². The average Bonchev–Trinajstić information content (AvgIpc) is 2.71. The van der Waals surface area contributed by atoms with E-state index in [0.29, 0.717) is 17.0 Å². The first-order valence-corrected chi connectivity index (χ1v) is 8.37. The zero-order chi connectivity index (χ0) is 19.6. The minimum atomic E-state index is -0.864. The summed E-state index contributed by atoms with van der Waals surface area (Å²) in [5, 5.41) is 11.8. The number of nitriles is 1. The van der Waals surface area contributed by atoms with Crippen LogP contribution in [0.25, 0.3) is 6.08 Å². The number of rotatable bonds is 7. The first-order valence-electron chi connectivity index (χ1n) is 8.37. The van der Waals surface area contributed by atoms with Crippen molar-refractivity contribution < 1.29 is 19.1 Å². The Kier molecular flexibility index (Phi) is 7.15. The Bertz CT molecular complexity index is 880. The molecule has 0 unspecified atom stereocenters. The highest BCUT2D eigenvalue weighted by Crippen LogP contribution is 2.16. The van der Waals surface area contributed by atoms with Crippen molar-refractivity contribution in [3.63, 3.8) is 0 Å². The lowest BCUT2D eigenvalue weighted by molar-refractivity contribution is -0.142. The molecule has 0 aliphatic heterocycles. The van der Waals surface area contributed by atoms with Gasteiger partial charge in [-0.15, -0.1) is 0 Å². The molecule has 0 aliphatic carbocycles. The third-order valence-electron chi connectivity index (χ3n) is 3.73. The van der Waals surface area contributed by atoms with Crippen LogP contribution in [0.1, 0.15) is 18.1 Å². The molecular weight excluding hydrogens is 344 g/mol. The van der Waals surface area contributed by atoms with Gasteiger partial charge in [-0.3, -0.25) is 4.79 Å². The second-order valence-corrected chi connectivity index (χ2v) is 5.62. The number of aryl methyl sites for hydroxylation is 1. The van der Waals surface area contributed by atoms with Crippen LogP contribution in [0.5, 0.6) is 5.75 Å². The number of anilines is 1. The summed E-state index contributed by atoms with van der Waals surface area (Å²) in [6, 6.07) is 16.1. The Morgan fingerprint density at radius 1 is 1.19 bits per heavy atom. The number of benzene rings is 2. The van der Waals surface area contributed by atoms with Gasteiger partial charge in [0, 0.05) is 5.69 Å². The Morgan fingerprint density at radius 3 is 2.56 bits per heavy atom. The van der Waals surface area contributed by atoms with E-state index in [4.69, 9.17) is 9.47 Å². The summed E-state index contributed by atoms with van der Waals surface area (Å²) in [5.41, 5.74) is 2.17. The largest absolute Gasteiger partial charge is 0.497 e. The van der Waals surface area contributed by atoms with Gasteiger partial charge in [0.15, 0.2) is 6.61 Å². The number of hydrogen-bond acceptors (Lipinski definition) is 5. The van der Waals surface area contributed by atoms with Crippen LogP contribution in [0.15, 0.2) is 54.1 Å². The third-order valence-corrected chi connectivity index (χ3v) is 3.73. The summed E-state index contributed by atoms with van der Waals surface area (Å²) in [5.74, 6) is -0.744. The van der Waals surface area contributed by atoms with E-state index >= 15 is 0 Å². The zero-order valence-corrected chi connectivity index (χ0v) is 15.2. The predicted molar refractivity (Wildman–Crippen MR) is 102 cm³/mol.